The molecule has 0 unspecified atom stereocenters. The van der Waals surface area contributed by atoms with Gasteiger partial charge in [-0.25, -0.2) is 0 Å². The van der Waals surface area contributed by atoms with Crippen LogP contribution in [-0.4, -0.2) is 0 Å². The number of para-hydroxylation sites is 2. The molecule has 0 radical (unpaired) electrons. The second kappa shape index (κ2) is 5.40. The summed E-state index contributed by atoms with van der Waals surface area (Å²) in [7, 11) is 0. The third-order valence-corrected chi connectivity index (χ3v) is 5.11. The zero-order valence-corrected chi connectivity index (χ0v) is 14.7. The first-order valence-electron chi connectivity index (χ1n) is 8.79. The summed E-state index contributed by atoms with van der Waals surface area (Å²) in [6.45, 7) is 4.44. The smallest absolute Gasteiger partial charge is 0.295 e. The molecule has 3 aromatic carbocycles. The van der Waals surface area contributed by atoms with Crippen molar-refractivity contribution >= 4 is 22.3 Å². The van der Waals surface area contributed by atoms with Crippen LogP contribution in [0.3, 0.4) is 0 Å². The van der Waals surface area contributed by atoms with Gasteiger partial charge in [0.1, 0.15) is 11.3 Å². The van der Waals surface area contributed by atoms with E-state index >= 15 is 0 Å². The van der Waals surface area contributed by atoms with Gasteiger partial charge in [-0.3, -0.25) is 0 Å². The van der Waals surface area contributed by atoms with Gasteiger partial charge in [0.25, 0.3) is 5.95 Å². The molecule has 1 aliphatic heterocycles. The Morgan fingerprint density at radius 3 is 2.42 bits per heavy atom. The molecule has 5 rings (SSSR count). The minimum atomic E-state index is -0.194. The fourth-order valence-electron chi connectivity index (χ4n) is 3.81. The number of benzene rings is 3. The summed E-state index contributed by atoms with van der Waals surface area (Å²) >= 11 is 0. The van der Waals surface area contributed by atoms with Crippen molar-refractivity contribution < 1.29 is 9.15 Å². The van der Waals surface area contributed by atoms with Crippen molar-refractivity contribution in [3.8, 4) is 11.7 Å². The monoisotopic (exact) mass is 341 g/mol. The van der Waals surface area contributed by atoms with E-state index in [0.29, 0.717) is 5.95 Å². The molecule has 0 aliphatic carbocycles. The zero-order valence-electron chi connectivity index (χ0n) is 14.7. The highest BCUT2D eigenvalue weighted by Crippen LogP contribution is 2.52. The van der Waals surface area contributed by atoms with Gasteiger partial charge in [0.15, 0.2) is 0 Å². The van der Waals surface area contributed by atoms with Crippen LogP contribution >= 0.6 is 0 Å². The molecule has 4 aromatic rings. The highest BCUT2D eigenvalue weighted by molar-refractivity contribution is 5.89. The summed E-state index contributed by atoms with van der Waals surface area (Å²) in [4.78, 5) is 0. The lowest BCUT2D eigenvalue weighted by Gasteiger charge is -2.31. The Labute approximate surface area is 152 Å². The molecule has 0 saturated heterocycles. The van der Waals surface area contributed by atoms with Crippen LogP contribution in [0.5, 0.6) is 11.7 Å². The molecule has 1 aliphatic rings. The highest BCUT2D eigenvalue weighted by atomic mass is 16.6. The van der Waals surface area contributed by atoms with E-state index in [1.807, 2.05) is 42.5 Å². The normalized spacial score (nSPS) is 14.4. The minimum Gasteiger partial charge on any atom is -0.425 e. The SMILES string of the molecule is CC1(C)c2ccccc2Oc2oc3ccc(Nc4ccccc4)cc3c21. The minimum absolute atomic E-state index is 0.194. The number of hydrogen-bond acceptors (Lipinski definition) is 3. The number of fused-ring (bicyclic) bond motifs is 4. The lowest BCUT2D eigenvalue weighted by Crippen LogP contribution is -2.23. The van der Waals surface area contributed by atoms with Crippen LogP contribution in [0.4, 0.5) is 11.4 Å². The van der Waals surface area contributed by atoms with E-state index < -0.39 is 0 Å². The summed E-state index contributed by atoms with van der Waals surface area (Å²) in [6, 6.07) is 24.5. The van der Waals surface area contributed by atoms with Crippen LogP contribution in [-0.2, 0) is 5.41 Å². The van der Waals surface area contributed by atoms with E-state index in [1.54, 1.807) is 0 Å². The van der Waals surface area contributed by atoms with Gasteiger partial charge in [0.05, 0.1) is 5.56 Å². The quantitative estimate of drug-likeness (QED) is 0.445. The van der Waals surface area contributed by atoms with Crippen molar-refractivity contribution in [3.63, 3.8) is 0 Å². The van der Waals surface area contributed by atoms with Gasteiger partial charge < -0.3 is 14.5 Å². The Kier molecular flexibility index (Phi) is 3.13. The second-order valence-electron chi connectivity index (χ2n) is 7.19. The van der Waals surface area contributed by atoms with Gasteiger partial charge in [-0.15, -0.1) is 0 Å². The van der Waals surface area contributed by atoms with Crippen molar-refractivity contribution in [1.82, 2.24) is 0 Å². The molecule has 0 fully saturated rings. The molecule has 2 heterocycles. The van der Waals surface area contributed by atoms with Gasteiger partial charge in [-0.2, -0.15) is 0 Å². The fraction of sp³-hybridized carbons (Fsp3) is 0.130. The average molecular weight is 341 g/mol. The Balaban J connectivity index is 1.65. The van der Waals surface area contributed by atoms with Crippen molar-refractivity contribution in [3.05, 3.63) is 83.9 Å². The molecule has 0 spiro atoms. The number of nitrogens with one attached hydrogen (secondary N) is 1. The lowest BCUT2D eigenvalue weighted by atomic mass is 9.76. The Morgan fingerprint density at radius 2 is 1.58 bits per heavy atom. The molecular weight excluding hydrogens is 322 g/mol. The Morgan fingerprint density at radius 1 is 0.808 bits per heavy atom. The standard InChI is InChI=1S/C23H19NO2/c1-23(2)18-10-6-7-11-20(18)26-22-21(23)17-14-16(12-13-19(17)25-22)24-15-8-4-3-5-9-15/h3-14,24H,1-2H3. The van der Waals surface area contributed by atoms with E-state index in [-0.39, 0.29) is 5.41 Å². The van der Waals surface area contributed by atoms with E-state index in [1.165, 1.54) is 5.56 Å². The maximum Gasteiger partial charge on any atom is 0.295 e. The van der Waals surface area contributed by atoms with Crippen molar-refractivity contribution in [2.75, 3.05) is 5.32 Å². The topological polar surface area (TPSA) is 34.4 Å². The molecule has 0 amide bonds. The van der Waals surface area contributed by atoms with Gasteiger partial charge in [-0.1, -0.05) is 50.2 Å². The van der Waals surface area contributed by atoms with Gasteiger partial charge in [-0.05, 0) is 36.4 Å². The highest BCUT2D eigenvalue weighted by Gasteiger charge is 2.38. The summed E-state index contributed by atoms with van der Waals surface area (Å²) in [5, 5.41) is 4.54. The maximum absolute atomic E-state index is 6.07. The van der Waals surface area contributed by atoms with Crippen molar-refractivity contribution in [2.45, 2.75) is 19.3 Å². The average Bonchev–Trinajstić information content (AvgIpc) is 3.01. The van der Waals surface area contributed by atoms with E-state index in [0.717, 1.165) is 33.7 Å². The van der Waals surface area contributed by atoms with Gasteiger partial charge in [0.2, 0.25) is 0 Å². The maximum atomic E-state index is 6.07. The van der Waals surface area contributed by atoms with E-state index in [9.17, 15) is 0 Å². The van der Waals surface area contributed by atoms with Crippen LogP contribution in [0, 0.1) is 0 Å². The zero-order chi connectivity index (χ0) is 17.7. The van der Waals surface area contributed by atoms with Crippen LogP contribution in [0.25, 0.3) is 11.0 Å². The molecule has 3 heteroatoms. The molecular formula is C23H19NO2. The summed E-state index contributed by atoms with van der Waals surface area (Å²) in [6.07, 6.45) is 0. The molecule has 128 valence electrons. The lowest BCUT2D eigenvalue weighted by molar-refractivity contribution is 0.325. The molecule has 26 heavy (non-hydrogen) atoms. The van der Waals surface area contributed by atoms with Crippen molar-refractivity contribution in [1.29, 1.82) is 0 Å². The number of hydrogen-bond donors (Lipinski definition) is 1. The number of furan rings is 1. The Hall–Kier alpha value is -3.20. The largest absolute Gasteiger partial charge is 0.425 e. The summed E-state index contributed by atoms with van der Waals surface area (Å²) in [5.41, 5.74) is 5.02. The number of ether oxygens (including phenoxy) is 1. The first kappa shape index (κ1) is 15.1. The first-order valence-corrected chi connectivity index (χ1v) is 8.79. The van der Waals surface area contributed by atoms with Crippen LogP contribution in [0.15, 0.2) is 77.2 Å². The predicted octanol–water partition coefficient (Wildman–Crippen LogP) is 6.61. The number of anilines is 2. The summed E-state index contributed by atoms with van der Waals surface area (Å²) < 4.78 is 12.1. The second-order valence-corrected chi connectivity index (χ2v) is 7.19. The fourth-order valence-corrected chi connectivity index (χ4v) is 3.81. The molecule has 0 bridgehead atoms. The molecule has 1 N–H and O–H groups in total. The first-order chi connectivity index (χ1) is 12.6. The predicted molar refractivity (Wildman–Crippen MR) is 105 cm³/mol. The molecule has 0 atom stereocenters. The van der Waals surface area contributed by atoms with Gasteiger partial charge in [0, 0.05) is 27.7 Å². The van der Waals surface area contributed by atoms with Gasteiger partial charge >= 0.3 is 0 Å². The van der Waals surface area contributed by atoms with Crippen molar-refractivity contribution in [2.24, 2.45) is 0 Å². The molecule has 3 nitrogen and oxygen atoms in total. The summed E-state index contributed by atoms with van der Waals surface area (Å²) in [5.74, 6) is 1.47. The van der Waals surface area contributed by atoms with E-state index in [2.05, 4.69) is 49.5 Å². The third-order valence-electron chi connectivity index (χ3n) is 5.11. The van der Waals surface area contributed by atoms with Crippen LogP contribution < -0.4 is 10.1 Å². The van der Waals surface area contributed by atoms with Crippen LogP contribution in [0.2, 0.25) is 0 Å². The number of rotatable bonds is 2. The van der Waals surface area contributed by atoms with E-state index in [4.69, 9.17) is 9.15 Å². The third kappa shape index (κ3) is 2.21. The molecule has 0 saturated carbocycles. The Bertz CT molecular complexity index is 1110. The molecule has 1 aromatic heterocycles. The van der Waals surface area contributed by atoms with Crippen LogP contribution in [0.1, 0.15) is 25.0 Å².